The second-order valence-electron chi connectivity index (χ2n) is 9.95. The Kier molecular flexibility index (Phi) is 6.76. The molecule has 1 aliphatic carbocycles. The largest absolute Gasteiger partial charge is 0.416 e. The number of halogens is 3. The summed E-state index contributed by atoms with van der Waals surface area (Å²) in [5.74, 6) is 0.349. The molecule has 0 aliphatic heterocycles. The van der Waals surface area contributed by atoms with Crippen molar-refractivity contribution in [3.63, 3.8) is 0 Å². The number of rotatable bonds is 6. The maximum absolute atomic E-state index is 13.9. The van der Waals surface area contributed by atoms with Crippen LogP contribution in [0.5, 0.6) is 0 Å². The molecule has 200 valence electrons. The van der Waals surface area contributed by atoms with Gasteiger partial charge >= 0.3 is 12.0 Å². The Morgan fingerprint density at radius 2 is 1.79 bits per heavy atom. The van der Waals surface area contributed by atoms with Gasteiger partial charge in [-0.25, -0.2) is 9.25 Å². The van der Waals surface area contributed by atoms with Gasteiger partial charge in [0, 0.05) is 13.5 Å². The lowest BCUT2D eigenvalue weighted by molar-refractivity contribution is -0.659. The molecule has 0 atom stereocenters. The first-order valence-electron chi connectivity index (χ1n) is 12.7. The number of nitrogens with zero attached hydrogens (tertiary/aromatic N) is 5. The number of Topliss-reactive ketones (excluding diaryl/α,β-unsaturated/α-hetero) is 1. The Morgan fingerprint density at radius 3 is 2.44 bits per heavy atom. The van der Waals surface area contributed by atoms with Crippen LogP contribution in [0.4, 0.5) is 13.2 Å². The summed E-state index contributed by atoms with van der Waals surface area (Å²) in [5.41, 5.74) is -0.117. The minimum absolute atomic E-state index is 0.0117. The minimum Gasteiger partial charge on any atom is -0.294 e. The Labute approximate surface area is 222 Å². The highest BCUT2D eigenvalue weighted by Crippen LogP contribution is 2.33. The number of nitriles is 1. The van der Waals surface area contributed by atoms with E-state index in [0.29, 0.717) is 22.8 Å². The summed E-state index contributed by atoms with van der Waals surface area (Å²) in [7, 11) is 3.34. The predicted octanol–water partition coefficient (Wildman–Crippen LogP) is 5.11. The van der Waals surface area contributed by atoms with Crippen molar-refractivity contribution in [3.05, 3.63) is 88.0 Å². The summed E-state index contributed by atoms with van der Waals surface area (Å²) in [4.78, 5) is 27.7. The highest BCUT2D eigenvalue weighted by molar-refractivity contribution is 6.01. The quantitative estimate of drug-likeness (QED) is 0.255. The highest BCUT2D eigenvalue weighted by atomic mass is 19.4. The Morgan fingerprint density at radius 1 is 1.10 bits per heavy atom. The first kappa shape index (κ1) is 26.2. The van der Waals surface area contributed by atoms with Crippen LogP contribution in [0.25, 0.3) is 22.9 Å². The number of aryl methyl sites for hydroxylation is 1. The fraction of sp³-hybridized carbons (Fsp3) is 0.310. The maximum atomic E-state index is 13.9. The minimum atomic E-state index is -4.59. The average Bonchev–Trinajstić information content (AvgIpc) is 3.61. The molecule has 1 fully saturated rings. The molecule has 39 heavy (non-hydrogen) atoms. The van der Waals surface area contributed by atoms with Crippen molar-refractivity contribution in [1.82, 2.24) is 13.9 Å². The topological polar surface area (TPSA) is 76.6 Å². The molecule has 0 amide bonds. The highest BCUT2D eigenvalue weighted by Gasteiger charge is 2.35. The number of aromatic nitrogens is 4. The van der Waals surface area contributed by atoms with Crippen LogP contribution in [0.2, 0.25) is 0 Å². The standard InChI is InChI=1S/C29H27F3N5O2/c1-34-14-15-36(22-12-10-20(18-33)11-13-22)27(34)26-25(24(38)16-19-6-3-4-7-19)28(39)37(35(26)2)23-9-5-8-21(17-23)29(30,31)32/h5,8-15,17,19H,3-4,6-7,16H2,1-2H3/q+1. The summed E-state index contributed by atoms with van der Waals surface area (Å²) >= 11 is 0. The van der Waals surface area contributed by atoms with Gasteiger partial charge in [-0.15, -0.1) is 0 Å². The van der Waals surface area contributed by atoms with E-state index in [1.165, 1.54) is 16.8 Å². The summed E-state index contributed by atoms with van der Waals surface area (Å²) in [6.07, 6.45) is 3.03. The molecule has 4 aromatic rings. The van der Waals surface area contributed by atoms with Gasteiger partial charge < -0.3 is 0 Å². The number of alkyl halides is 3. The molecule has 0 unspecified atom stereocenters. The summed E-state index contributed by atoms with van der Waals surface area (Å²) in [6, 6.07) is 13.4. The third-order valence-corrected chi connectivity index (χ3v) is 7.40. The molecule has 5 rings (SSSR count). The van der Waals surface area contributed by atoms with Crippen molar-refractivity contribution < 1.29 is 22.5 Å². The van der Waals surface area contributed by atoms with E-state index in [-0.39, 0.29) is 29.4 Å². The second-order valence-corrected chi connectivity index (χ2v) is 9.95. The van der Waals surface area contributed by atoms with Crippen LogP contribution in [-0.2, 0) is 20.3 Å². The molecule has 7 nitrogen and oxygen atoms in total. The van der Waals surface area contributed by atoms with Gasteiger partial charge in [0.1, 0.15) is 23.6 Å². The zero-order valence-corrected chi connectivity index (χ0v) is 21.6. The van der Waals surface area contributed by atoms with Crippen LogP contribution in [-0.4, -0.2) is 19.7 Å². The van der Waals surface area contributed by atoms with Gasteiger partial charge in [0.05, 0.1) is 29.9 Å². The van der Waals surface area contributed by atoms with Crippen molar-refractivity contribution in [2.45, 2.75) is 38.3 Å². The van der Waals surface area contributed by atoms with Crippen molar-refractivity contribution in [2.24, 2.45) is 20.0 Å². The molecule has 1 aliphatic rings. The van der Waals surface area contributed by atoms with Gasteiger partial charge in [-0.3, -0.25) is 14.3 Å². The van der Waals surface area contributed by atoms with E-state index in [2.05, 4.69) is 6.07 Å². The number of carbonyl (C=O) groups is 1. The van der Waals surface area contributed by atoms with E-state index >= 15 is 0 Å². The maximum Gasteiger partial charge on any atom is 0.416 e. The molecule has 2 aromatic heterocycles. The fourth-order valence-electron chi connectivity index (χ4n) is 5.46. The molecule has 2 aromatic carbocycles. The molecule has 0 saturated heterocycles. The first-order valence-corrected chi connectivity index (χ1v) is 12.7. The predicted molar refractivity (Wildman–Crippen MR) is 138 cm³/mol. The summed E-state index contributed by atoms with van der Waals surface area (Å²) in [6.45, 7) is 0. The third kappa shape index (κ3) is 4.80. The molecular weight excluding hydrogens is 507 g/mol. The van der Waals surface area contributed by atoms with E-state index < -0.39 is 17.3 Å². The molecule has 0 radical (unpaired) electrons. The lowest BCUT2D eigenvalue weighted by Gasteiger charge is -2.12. The van der Waals surface area contributed by atoms with Gasteiger partial charge in [0.25, 0.3) is 5.56 Å². The normalized spacial score (nSPS) is 14.1. The van der Waals surface area contributed by atoms with Crippen LogP contribution in [0, 0.1) is 17.2 Å². The third-order valence-electron chi connectivity index (χ3n) is 7.40. The van der Waals surface area contributed by atoms with Gasteiger partial charge in [-0.05, 0) is 48.4 Å². The van der Waals surface area contributed by atoms with Crippen molar-refractivity contribution in [1.29, 1.82) is 5.26 Å². The van der Waals surface area contributed by atoms with Gasteiger partial charge in [0.2, 0.25) is 0 Å². The molecule has 10 heteroatoms. The number of carbonyl (C=O) groups excluding carboxylic acids is 1. The van der Waals surface area contributed by atoms with Crippen molar-refractivity contribution in [2.75, 3.05) is 0 Å². The lowest BCUT2D eigenvalue weighted by atomic mass is 9.97. The molecule has 0 N–H and O–H groups in total. The monoisotopic (exact) mass is 534 g/mol. The fourth-order valence-corrected chi connectivity index (χ4v) is 5.46. The molecule has 1 saturated carbocycles. The molecular formula is C29H27F3N5O2+. The zero-order valence-electron chi connectivity index (χ0n) is 21.6. The summed E-state index contributed by atoms with van der Waals surface area (Å²) in [5, 5.41) is 9.19. The smallest absolute Gasteiger partial charge is 0.294 e. The van der Waals surface area contributed by atoms with Gasteiger partial charge in [0.15, 0.2) is 11.5 Å². The second kappa shape index (κ2) is 10.1. The van der Waals surface area contributed by atoms with Crippen LogP contribution in [0.1, 0.15) is 53.6 Å². The number of benzene rings is 2. The van der Waals surface area contributed by atoms with Gasteiger partial charge in [-0.1, -0.05) is 31.7 Å². The molecule has 2 heterocycles. The SMILES string of the molecule is Cn1c(-c2n(-c3ccc(C#N)cc3)cc[n+]2C)c(C(=O)CC2CCCC2)c(=O)n1-c1cccc(C(F)(F)F)c1. The average molecular weight is 535 g/mol. The summed E-state index contributed by atoms with van der Waals surface area (Å²) < 4.78 is 46.7. The number of hydrogen-bond acceptors (Lipinski definition) is 3. The molecule has 0 bridgehead atoms. The Bertz CT molecular complexity index is 1650. The number of ketones is 1. The van der Waals surface area contributed by atoms with E-state index in [4.69, 9.17) is 0 Å². The van der Waals surface area contributed by atoms with Gasteiger partial charge in [-0.2, -0.15) is 23.0 Å². The van der Waals surface area contributed by atoms with E-state index in [1.807, 2.05) is 0 Å². The van der Waals surface area contributed by atoms with E-state index in [9.17, 15) is 28.0 Å². The number of imidazole rings is 1. The molecule has 0 spiro atoms. The first-order chi connectivity index (χ1) is 18.6. The van der Waals surface area contributed by atoms with Crippen LogP contribution >= 0.6 is 0 Å². The van der Waals surface area contributed by atoms with Crippen molar-refractivity contribution >= 4 is 5.78 Å². The van der Waals surface area contributed by atoms with Crippen LogP contribution in [0.15, 0.2) is 65.7 Å². The van der Waals surface area contributed by atoms with E-state index in [0.717, 1.165) is 42.5 Å². The van der Waals surface area contributed by atoms with Crippen LogP contribution < -0.4 is 10.1 Å². The number of hydrogen-bond donors (Lipinski definition) is 0. The Hall–Kier alpha value is -4.39. The lowest BCUT2D eigenvalue weighted by Crippen LogP contribution is -2.31. The van der Waals surface area contributed by atoms with E-state index in [1.54, 1.807) is 59.9 Å². The zero-order chi connectivity index (χ0) is 27.9. The Balaban J connectivity index is 1.75. The van der Waals surface area contributed by atoms with Crippen LogP contribution in [0.3, 0.4) is 0 Å². The van der Waals surface area contributed by atoms with Crippen molar-refractivity contribution in [3.8, 4) is 29.0 Å².